The molecule has 1 aliphatic heterocycles. The quantitative estimate of drug-likeness (QED) is 0.868. The number of H-pyrrole nitrogens is 2. The van der Waals surface area contributed by atoms with Crippen LogP contribution in [-0.4, -0.2) is 44.8 Å². The van der Waals surface area contributed by atoms with Crippen molar-refractivity contribution < 1.29 is 4.74 Å². The minimum atomic E-state index is -0.196. The summed E-state index contributed by atoms with van der Waals surface area (Å²) < 4.78 is 5.76. The molecule has 2 aromatic rings. The first-order valence-electron chi connectivity index (χ1n) is 7.02. The third-order valence-corrected chi connectivity index (χ3v) is 3.67. The number of hydrogen-bond donors (Lipinski definition) is 2. The second kappa shape index (κ2) is 5.79. The maximum Gasteiger partial charge on any atom is 0.251 e. The molecule has 2 N–H and O–H groups in total. The van der Waals surface area contributed by atoms with Gasteiger partial charge in [-0.1, -0.05) is 0 Å². The Labute approximate surface area is 122 Å². The van der Waals surface area contributed by atoms with E-state index < -0.39 is 0 Å². The SMILES string of the molecule is Cc1cc(=O)[nH]c(C2CN(Cc3cn[nH]c3C)CCO2)n1. The molecule has 0 aromatic carbocycles. The molecule has 1 aliphatic rings. The van der Waals surface area contributed by atoms with Crippen molar-refractivity contribution in [3.05, 3.63) is 45.4 Å². The van der Waals surface area contributed by atoms with Gasteiger partial charge in [-0.15, -0.1) is 0 Å². The van der Waals surface area contributed by atoms with E-state index in [1.54, 1.807) is 0 Å². The Morgan fingerprint density at radius 2 is 2.33 bits per heavy atom. The maximum atomic E-state index is 11.6. The van der Waals surface area contributed by atoms with Gasteiger partial charge in [0.25, 0.3) is 5.56 Å². The van der Waals surface area contributed by atoms with Gasteiger partial charge < -0.3 is 9.72 Å². The fourth-order valence-corrected chi connectivity index (χ4v) is 2.54. The van der Waals surface area contributed by atoms with Crippen molar-refractivity contribution in [3.8, 4) is 0 Å². The Morgan fingerprint density at radius 1 is 1.48 bits per heavy atom. The molecular weight excluding hydrogens is 270 g/mol. The van der Waals surface area contributed by atoms with E-state index in [2.05, 4.69) is 25.1 Å². The molecule has 7 heteroatoms. The molecule has 0 aliphatic carbocycles. The van der Waals surface area contributed by atoms with Crippen LogP contribution in [0.2, 0.25) is 0 Å². The van der Waals surface area contributed by atoms with Gasteiger partial charge in [-0.3, -0.25) is 14.8 Å². The number of aryl methyl sites for hydroxylation is 2. The summed E-state index contributed by atoms with van der Waals surface area (Å²) in [6.45, 7) is 6.83. The summed E-state index contributed by atoms with van der Waals surface area (Å²) in [5.41, 5.74) is 2.84. The molecule has 0 amide bonds. The molecule has 21 heavy (non-hydrogen) atoms. The van der Waals surface area contributed by atoms with E-state index in [0.717, 1.165) is 18.8 Å². The van der Waals surface area contributed by atoms with Crippen molar-refractivity contribution >= 4 is 0 Å². The van der Waals surface area contributed by atoms with Crippen molar-refractivity contribution in [1.29, 1.82) is 0 Å². The minimum Gasteiger partial charge on any atom is -0.368 e. The van der Waals surface area contributed by atoms with Gasteiger partial charge in [0, 0.05) is 42.7 Å². The molecular formula is C14H19N5O2. The van der Waals surface area contributed by atoms with Gasteiger partial charge in [-0.25, -0.2) is 4.98 Å². The summed E-state index contributed by atoms with van der Waals surface area (Å²) >= 11 is 0. The van der Waals surface area contributed by atoms with E-state index in [4.69, 9.17) is 4.74 Å². The second-order valence-electron chi connectivity index (χ2n) is 5.39. The van der Waals surface area contributed by atoms with Crippen molar-refractivity contribution in [1.82, 2.24) is 25.1 Å². The Morgan fingerprint density at radius 3 is 3.05 bits per heavy atom. The Hall–Kier alpha value is -1.99. The first-order chi connectivity index (χ1) is 10.1. The first kappa shape index (κ1) is 14.0. The van der Waals surface area contributed by atoms with E-state index in [-0.39, 0.29) is 11.7 Å². The molecule has 0 saturated carbocycles. The zero-order chi connectivity index (χ0) is 14.8. The zero-order valence-corrected chi connectivity index (χ0v) is 12.2. The number of ether oxygens (including phenoxy) is 1. The van der Waals surface area contributed by atoms with Gasteiger partial charge >= 0.3 is 0 Å². The van der Waals surface area contributed by atoms with E-state index >= 15 is 0 Å². The van der Waals surface area contributed by atoms with Crippen LogP contribution in [0.4, 0.5) is 0 Å². The average Bonchev–Trinajstić information content (AvgIpc) is 2.84. The Balaban J connectivity index is 1.73. The topological polar surface area (TPSA) is 86.9 Å². The van der Waals surface area contributed by atoms with Gasteiger partial charge in [-0.2, -0.15) is 5.10 Å². The molecule has 1 atom stereocenters. The number of nitrogens with zero attached hydrogens (tertiary/aromatic N) is 3. The molecule has 3 heterocycles. The number of aromatic nitrogens is 4. The smallest absolute Gasteiger partial charge is 0.251 e. The molecule has 0 spiro atoms. The molecule has 3 rings (SSSR count). The van der Waals surface area contributed by atoms with Gasteiger partial charge in [-0.05, 0) is 13.8 Å². The summed E-state index contributed by atoms with van der Waals surface area (Å²) in [4.78, 5) is 21.0. The number of rotatable bonds is 3. The summed E-state index contributed by atoms with van der Waals surface area (Å²) in [5.74, 6) is 0.605. The van der Waals surface area contributed by atoms with Crippen LogP contribution in [0.15, 0.2) is 17.1 Å². The molecule has 0 bridgehead atoms. The van der Waals surface area contributed by atoms with Crippen LogP contribution >= 0.6 is 0 Å². The van der Waals surface area contributed by atoms with Crippen molar-refractivity contribution in [2.75, 3.05) is 19.7 Å². The van der Waals surface area contributed by atoms with E-state index in [1.807, 2.05) is 20.0 Å². The lowest BCUT2D eigenvalue weighted by molar-refractivity contribution is -0.0374. The third kappa shape index (κ3) is 3.20. The van der Waals surface area contributed by atoms with E-state index in [0.29, 0.717) is 24.7 Å². The summed E-state index contributed by atoms with van der Waals surface area (Å²) in [7, 11) is 0. The highest BCUT2D eigenvalue weighted by Gasteiger charge is 2.24. The molecule has 7 nitrogen and oxygen atoms in total. The van der Waals surface area contributed by atoms with Gasteiger partial charge in [0.2, 0.25) is 0 Å². The minimum absolute atomic E-state index is 0.135. The average molecular weight is 289 g/mol. The highest BCUT2D eigenvalue weighted by Crippen LogP contribution is 2.20. The zero-order valence-electron chi connectivity index (χ0n) is 12.2. The largest absolute Gasteiger partial charge is 0.368 e. The molecule has 1 unspecified atom stereocenters. The fourth-order valence-electron chi connectivity index (χ4n) is 2.54. The monoisotopic (exact) mass is 289 g/mol. The highest BCUT2D eigenvalue weighted by molar-refractivity contribution is 5.14. The molecule has 2 aromatic heterocycles. The fraction of sp³-hybridized carbons (Fsp3) is 0.500. The number of morpholine rings is 1. The van der Waals surface area contributed by atoms with Crippen molar-refractivity contribution in [2.24, 2.45) is 0 Å². The van der Waals surface area contributed by atoms with Crippen LogP contribution in [0.1, 0.15) is 28.9 Å². The molecule has 1 saturated heterocycles. The van der Waals surface area contributed by atoms with E-state index in [1.165, 1.54) is 11.6 Å². The van der Waals surface area contributed by atoms with Crippen molar-refractivity contribution in [3.63, 3.8) is 0 Å². The standard InChI is InChI=1S/C14H19N5O2/c1-9-5-13(20)17-14(16-9)12-8-19(3-4-21-12)7-11-6-15-18-10(11)2/h5-6,12H,3-4,7-8H2,1-2H3,(H,15,18)(H,16,17,20). The predicted molar refractivity (Wildman–Crippen MR) is 76.9 cm³/mol. The number of nitrogens with one attached hydrogen (secondary N) is 2. The van der Waals surface area contributed by atoms with E-state index in [9.17, 15) is 4.79 Å². The van der Waals surface area contributed by atoms with Gasteiger partial charge in [0.05, 0.1) is 12.8 Å². The second-order valence-corrected chi connectivity index (χ2v) is 5.39. The normalized spacial score (nSPS) is 19.8. The molecule has 0 radical (unpaired) electrons. The Bertz CT molecular complexity index is 678. The number of hydrogen-bond acceptors (Lipinski definition) is 5. The highest BCUT2D eigenvalue weighted by atomic mass is 16.5. The molecule has 112 valence electrons. The van der Waals surface area contributed by atoms with Crippen LogP contribution in [0.25, 0.3) is 0 Å². The Kier molecular flexibility index (Phi) is 3.85. The predicted octanol–water partition coefficient (Wildman–Crippen LogP) is 0.683. The van der Waals surface area contributed by atoms with Crippen LogP contribution in [-0.2, 0) is 11.3 Å². The third-order valence-electron chi connectivity index (χ3n) is 3.67. The lowest BCUT2D eigenvalue weighted by atomic mass is 10.2. The lowest BCUT2D eigenvalue weighted by Crippen LogP contribution is -2.39. The van der Waals surface area contributed by atoms with Crippen molar-refractivity contribution in [2.45, 2.75) is 26.5 Å². The number of aromatic amines is 2. The summed E-state index contributed by atoms with van der Waals surface area (Å²) in [6.07, 6.45) is 1.66. The van der Waals surface area contributed by atoms with Crippen LogP contribution in [0.5, 0.6) is 0 Å². The van der Waals surface area contributed by atoms with Crippen LogP contribution < -0.4 is 5.56 Å². The first-order valence-corrected chi connectivity index (χ1v) is 7.02. The van der Waals surface area contributed by atoms with Crippen LogP contribution in [0, 0.1) is 13.8 Å². The van der Waals surface area contributed by atoms with Crippen LogP contribution in [0.3, 0.4) is 0 Å². The summed E-state index contributed by atoms with van der Waals surface area (Å²) in [6, 6.07) is 1.49. The summed E-state index contributed by atoms with van der Waals surface area (Å²) in [5, 5.41) is 6.99. The molecule has 1 fully saturated rings. The maximum absolute atomic E-state index is 11.6. The van der Waals surface area contributed by atoms with Gasteiger partial charge in [0.1, 0.15) is 11.9 Å². The lowest BCUT2D eigenvalue weighted by Gasteiger charge is -2.32. The van der Waals surface area contributed by atoms with Gasteiger partial charge in [0.15, 0.2) is 0 Å².